The second-order valence-corrected chi connectivity index (χ2v) is 6.19. The highest BCUT2D eigenvalue weighted by Crippen LogP contribution is 2.24. The van der Waals surface area contributed by atoms with E-state index >= 15 is 0 Å². The lowest BCUT2D eigenvalue weighted by Gasteiger charge is -2.33. The third kappa shape index (κ3) is 3.36. The zero-order valence-electron chi connectivity index (χ0n) is 13.2. The molecule has 0 aliphatic carbocycles. The van der Waals surface area contributed by atoms with Crippen LogP contribution in [-0.4, -0.2) is 39.4 Å². The van der Waals surface area contributed by atoms with Gasteiger partial charge in [0, 0.05) is 12.1 Å². The number of aromatic nitrogens is 2. The average molecular weight is 301 g/mol. The minimum absolute atomic E-state index is 0.256. The van der Waals surface area contributed by atoms with Gasteiger partial charge < -0.3 is 9.52 Å². The molecule has 1 fully saturated rings. The van der Waals surface area contributed by atoms with Crippen LogP contribution in [0, 0.1) is 12.8 Å². The fourth-order valence-electron chi connectivity index (χ4n) is 3.06. The minimum atomic E-state index is -0.256. The molecule has 2 heterocycles. The predicted molar refractivity (Wildman–Crippen MR) is 84.2 cm³/mol. The van der Waals surface area contributed by atoms with Gasteiger partial charge in [-0.1, -0.05) is 18.2 Å². The molecule has 0 radical (unpaired) electrons. The van der Waals surface area contributed by atoms with Crippen LogP contribution in [0.3, 0.4) is 0 Å². The van der Waals surface area contributed by atoms with Crippen molar-refractivity contribution in [1.82, 2.24) is 15.1 Å². The Morgan fingerprint density at radius 1 is 1.36 bits per heavy atom. The molecular formula is C17H23N3O2. The van der Waals surface area contributed by atoms with Crippen LogP contribution in [0.2, 0.25) is 0 Å². The van der Waals surface area contributed by atoms with Crippen molar-refractivity contribution in [2.24, 2.45) is 5.92 Å². The summed E-state index contributed by atoms with van der Waals surface area (Å²) in [5.41, 5.74) is 2.12. The Bertz CT molecular complexity index is 624. The van der Waals surface area contributed by atoms with E-state index in [4.69, 9.17) is 4.42 Å². The first-order valence-electron chi connectivity index (χ1n) is 7.92. The Labute approximate surface area is 131 Å². The number of rotatable bonds is 4. The van der Waals surface area contributed by atoms with Crippen LogP contribution < -0.4 is 0 Å². The Balaban J connectivity index is 1.68. The van der Waals surface area contributed by atoms with Crippen molar-refractivity contribution in [3.63, 3.8) is 0 Å². The van der Waals surface area contributed by atoms with Crippen LogP contribution in [0.25, 0.3) is 11.5 Å². The highest BCUT2D eigenvalue weighted by molar-refractivity contribution is 5.57. The molecule has 1 aliphatic rings. The van der Waals surface area contributed by atoms with E-state index in [9.17, 15) is 5.11 Å². The van der Waals surface area contributed by atoms with Gasteiger partial charge in [-0.3, -0.25) is 4.90 Å². The van der Waals surface area contributed by atoms with Gasteiger partial charge in [-0.15, -0.1) is 10.2 Å². The lowest BCUT2D eigenvalue weighted by atomic mass is 9.93. The largest absolute Gasteiger partial charge is 0.419 e. The van der Waals surface area contributed by atoms with E-state index in [2.05, 4.69) is 15.1 Å². The molecule has 0 saturated carbocycles. The number of aliphatic hydroxyl groups excluding tert-OH is 1. The number of hydrogen-bond donors (Lipinski definition) is 1. The summed E-state index contributed by atoms with van der Waals surface area (Å²) in [6.45, 7) is 6.47. The molecule has 3 rings (SSSR count). The van der Waals surface area contributed by atoms with Gasteiger partial charge in [0.2, 0.25) is 11.8 Å². The Kier molecular flexibility index (Phi) is 4.55. The molecule has 0 amide bonds. The summed E-state index contributed by atoms with van der Waals surface area (Å²) in [6.07, 6.45) is 1.94. The quantitative estimate of drug-likeness (QED) is 0.940. The van der Waals surface area contributed by atoms with Crippen molar-refractivity contribution in [2.75, 3.05) is 13.1 Å². The second kappa shape index (κ2) is 6.58. The molecule has 118 valence electrons. The molecular weight excluding hydrogens is 278 g/mol. The van der Waals surface area contributed by atoms with E-state index in [1.807, 2.05) is 38.1 Å². The average Bonchev–Trinajstić information content (AvgIpc) is 2.96. The summed E-state index contributed by atoms with van der Waals surface area (Å²) in [4.78, 5) is 2.29. The normalized spacial score (nSPS) is 21.0. The number of nitrogens with zero attached hydrogens (tertiary/aromatic N) is 3. The molecule has 0 bridgehead atoms. The molecule has 1 saturated heterocycles. The minimum Gasteiger partial charge on any atom is -0.419 e. The number of likely N-dealkylation sites (tertiary alicyclic amines) is 1. The molecule has 2 unspecified atom stereocenters. The molecule has 1 aromatic heterocycles. The highest BCUT2D eigenvalue weighted by atomic mass is 16.4. The molecule has 5 nitrogen and oxygen atoms in total. The van der Waals surface area contributed by atoms with Crippen molar-refractivity contribution in [2.45, 2.75) is 39.3 Å². The smallest absolute Gasteiger partial charge is 0.248 e. The standard InChI is InChI=1S/C17H23N3O2/c1-12-6-3-4-8-15(12)17-19-18-16(22-17)11-20-9-5-7-14(10-20)13(2)21/h3-4,6,8,13-14,21H,5,7,9-11H2,1-2H3. The fraction of sp³-hybridized carbons (Fsp3) is 0.529. The second-order valence-electron chi connectivity index (χ2n) is 6.19. The first-order valence-corrected chi connectivity index (χ1v) is 7.92. The maximum Gasteiger partial charge on any atom is 0.248 e. The Morgan fingerprint density at radius 2 is 2.18 bits per heavy atom. The van der Waals surface area contributed by atoms with Crippen molar-refractivity contribution in [1.29, 1.82) is 0 Å². The van der Waals surface area contributed by atoms with E-state index < -0.39 is 0 Å². The van der Waals surface area contributed by atoms with Gasteiger partial charge in [0.05, 0.1) is 12.6 Å². The molecule has 5 heteroatoms. The zero-order chi connectivity index (χ0) is 15.5. The van der Waals surface area contributed by atoms with Gasteiger partial charge in [0.25, 0.3) is 0 Å². The van der Waals surface area contributed by atoms with Gasteiger partial charge in [0.15, 0.2) is 0 Å². The molecule has 1 aromatic carbocycles. The first-order chi connectivity index (χ1) is 10.6. The number of aliphatic hydroxyl groups is 1. The number of hydrogen-bond acceptors (Lipinski definition) is 5. The lowest BCUT2D eigenvalue weighted by molar-refractivity contribution is 0.0566. The molecule has 0 spiro atoms. The lowest BCUT2D eigenvalue weighted by Crippen LogP contribution is -2.39. The Morgan fingerprint density at radius 3 is 2.95 bits per heavy atom. The van der Waals surface area contributed by atoms with Crippen molar-refractivity contribution >= 4 is 0 Å². The van der Waals surface area contributed by atoms with Crippen LogP contribution in [0.5, 0.6) is 0 Å². The van der Waals surface area contributed by atoms with E-state index in [0.717, 1.165) is 37.1 Å². The van der Waals surface area contributed by atoms with Gasteiger partial charge in [0.1, 0.15) is 0 Å². The van der Waals surface area contributed by atoms with E-state index in [0.29, 0.717) is 24.2 Å². The molecule has 22 heavy (non-hydrogen) atoms. The summed E-state index contributed by atoms with van der Waals surface area (Å²) in [5, 5.41) is 18.1. The van der Waals surface area contributed by atoms with Crippen molar-refractivity contribution in [3.05, 3.63) is 35.7 Å². The van der Waals surface area contributed by atoms with Gasteiger partial charge in [-0.05, 0) is 50.8 Å². The molecule has 1 N–H and O–H groups in total. The van der Waals surface area contributed by atoms with Crippen LogP contribution in [-0.2, 0) is 6.54 Å². The van der Waals surface area contributed by atoms with Crippen molar-refractivity contribution < 1.29 is 9.52 Å². The third-order valence-corrected chi connectivity index (χ3v) is 4.43. The van der Waals surface area contributed by atoms with Gasteiger partial charge >= 0.3 is 0 Å². The summed E-state index contributed by atoms with van der Waals surface area (Å²) >= 11 is 0. The van der Waals surface area contributed by atoms with Gasteiger partial charge in [-0.2, -0.15) is 0 Å². The van der Waals surface area contributed by atoms with Crippen LogP contribution in [0.1, 0.15) is 31.2 Å². The number of aryl methyl sites for hydroxylation is 1. The van der Waals surface area contributed by atoms with Crippen LogP contribution >= 0.6 is 0 Å². The SMILES string of the molecule is Cc1ccccc1-c1nnc(CN2CCCC(C(C)O)C2)o1. The van der Waals surface area contributed by atoms with Crippen LogP contribution in [0.15, 0.2) is 28.7 Å². The highest BCUT2D eigenvalue weighted by Gasteiger charge is 2.24. The van der Waals surface area contributed by atoms with Crippen molar-refractivity contribution in [3.8, 4) is 11.5 Å². The topological polar surface area (TPSA) is 62.4 Å². The number of piperidine rings is 1. The summed E-state index contributed by atoms with van der Waals surface area (Å²) < 4.78 is 5.82. The summed E-state index contributed by atoms with van der Waals surface area (Å²) in [5.74, 6) is 1.56. The van der Waals surface area contributed by atoms with Gasteiger partial charge in [-0.25, -0.2) is 0 Å². The zero-order valence-corrected chi connectivity index (χ0v) is 13.2. The van der Waals surface area contributed by atoms with E-state index in [-0.39, 0.29) is 6.10 Å². The molecule has 2 aromatic rings. The first kappa shape index (κ1) is 15.2. The third-order valence-electron chi connectivity index (χ3n) is 4.43. The summed E-state index contributed by atoms with van der Waals surface area (Å²) in [6, 6.07) is 8.01. The van der Waals surface area contributed by atoms with E-state index in [1.54, 1.807) is 0 Å². The molecule has 1 aliphatic heterocycles. The maximum atomic E-state index is 9.77. The Hall–Kier alpha value is -1.72. The summed E-state index contributed by atoms with van der Waals surface area (Å²) in [7, 11) is 0. The maximum absolute atomic E-state index is 9.77. The van der Waals surface area contributed by atoms with Crippen LogP contribution in [0.4, 0.5) is 0 Å². The monoisotopic (exact) mass is 301 g/mol. The predicted octanol–water partition coefficient (Wildman–Crippen LogP) is 2.64. The fourth-order valence-corrected chi connectivity index (χ4v) is 3.06. The molecule has 2 atom stereocenters. The van der Waals surface area contributed by atoms with E-state index in [1.165, 1.54) is 0 Å². The number of benzene rings is 1.